The van der Waals surface area contributed by atoms with E-state index in [2.05, 4.69) is 15.5 Å². The second-order valence-corrected chi connectivity index (χ2v) is 7.77. The Balaban J connectivity index is 1.48. The summed E-state index contributed by atoms with van der Waals surface area (Å²) in [5.74, 6) is 1.91. The van der Waals surface area contributed by atoms with Crippen LogP contribution in [0.25, 0.3) is 11.3 Å². The molecule has 6 heteroatoms. The Morgan fingerprint density at radius 3 is 2.64 bits per heavy atom. The van der Waals surface area contributed by atoms with Crippen molar-refractivity contribution in [3.05, 3.63) is 18.6 Å². The molecule has 0 bridgehead atoms. The fourth-order valence-corrected chi connectivity index (χ4v) is 4.68. The summed E-state index contributed by atoms with van der Waals surface area (Å²) in [5, 5.41) is 11.9. The number of hydrogen-bond donors (Lipinski definition) is 1. The second kappa shape index (κ2) is 6.65. The first-order valence-electron chi connectivity index (χ1n) is 9.43. The van der Waals surface area contributed by atoms with Gasteiger partial charge in [0.2, 0.25) is 5.91 Å². The molecule has 0 saturated heterocycles. The van der Waals surface area contributed by atoms with E-state index in [0.717, 1.165) is 41.6 Å². The maximum Gasteiger partial charge on any atom is 0.227 e. The molecule has 1 amide bonds. The summed E-state index contributed by atoms with van der Waals surface area (Å²) in [6.45, 7) is 0. The molecule has 0 aliphatic heterocycles. The van der Waals surface area contributed by atoms with Gasteiger partial charge in [0.1, 0.15) is 5.69 Å². The highest BCUT2D eigenvalue weighted by molar-refractivity contribution is 5.95. The largest absolute Gasteiger partial charge is 0.323 e. The van der Waals surface area contributed by atoms with Gasteiger partial charge in [-0.15, -0.1) is 0 Å². The minimum Gasteiger partial charge on any atom is -0.323 e. The van der Waals surface area contributed by atoms with Gasteiger partial charge in [0.15, 0.2) is 0 Å². The average Bonchev–Trinajstić information content (AvgIpc) is 3.19. The Bertz CT molecular complexity index is 762. The summed E-state index contributed by atoms with van der Waals surface area (Å²) in [4.78, 5) is 12.9. The van der Waals surface area contributed by atoms with Gasteiger partial charge >= 0.3 is 0 Å². The van der Waals surface area contributed by atoms with Crippen LogP contribution in [0.15, 0.2) is 18.6 Å². The van der Waals surface area contributed by atoms with E-state index in [9.17, 15) is 4.79 Å². The normalized spacial score (nSPS) is 26.2. The monoisotopic (exact) mass is 341 g/mol. The van der Waals surface area contributed by atoms with E-state index in [-0.39, 0.29) is 11.8 Å². The maximum absolute atomic E-state index is 12.9. The van der Waals surface area contributed by atoms with Crippen LogP contribution in [0.2, 0.25) is 0 Å². The van der Waals surface area contributed by atoms with Crippen LogP contribution < -0.4 is 5.32 Å². The zero-order chi connectivity index (χ0) is 17.4. The van der Waals surface area contributed by atoms with E-state index in [1.54, 1.807) is 15.6 Å². The van der Waals surface area contributed by atoms with Crippen LogP contribution in [-0.4, -0.2) is 25.5 Å². The lowest BCUT2D eigenvalue weighted by Gasteiger charge is -2.38. The van der Waals surface area contributed by atoms with Gasteiger partial charge in [-0.1, -0.05) is 25.7 Å². The van der Waals surface area contributed by atoms with Crippen LogP contribution in [0.4, 0.5) is 5.69 Å². The lowest BCUT2D eigenvalue weighted by atomic mass is 9.67. The zero-order valence-corrected chi connectivity index (χ0v) is 15.1. The van der Waals surface area contributed by atoms with Crippen molar-refractivity contribution in [2.24, 2.45) is 31.8 Å². The summed E-state index contributed by atoms with van der Waals surface area (Å²) < 4.78 is 3.50. The fraction of sp³-hybridized carbons (Fsp3) is 0.632. The maximum atomic E-state index is 12.9. The van der Waals surface area contributed by atoms with Gasteiger partial charge in [-0.3, -0.25) is 14.2 Å². The molecule has 134 valence electrons. The zero-order valence-electron chi connectivity index (χ0n) is 15.1. The molecule has 6 nitrogen and oxygen atoms in total. The Kier molecular flexibility index (Phi) is 4.36. The molecule has 4 rings (SSSR count). The van der Waals surface area contributed by atoms with E-state index in [4.69, 9.17) is 0 Å². The molecule has 3 atom stereocenters. The summed E-state index contributed by atoms with van der Waals surface area (Å²) in [6.07, 6.45) is 14.3. The third-order valence-electron chi connectivity index (χ3n) is 5.98. The number of anilines is 1. The molecule has 2 aromatic heterocycles. The molecule has 25 heavy (non-hydrogen) atoms. The molecule has 0 aromatic carbocycles. The topological polar surface area (TPSA) is 64.7 Å². The number of carbonyl (C=O) groups excluding carboxylic acids is 1. The van der Waals surface area contributed by atoms with Gasteiger partial charge in [0.05, 0.1) is 11.9 Å². The summed E-state index contributed by atoms with van der Waals surface area (Å²) in [7, 11) is 3.76. The number of nitrogens with zero attached hydrogens (tertiary/aromatic N) is 4. The highest BCUT2D eigenvalue weighted by atomic mass is 16.1. The summed E-state index contributed by atoms with van der Waals surface area (Å²) in [6, 6.07) is 0. The molecule has 0 unspecified atom stereocenters. The van der Waals surface area contributed by atoms with Crippen molar-refractivity contribution >= 4 is 11.6 Å². The van der Waals surface area contributed by atoms with E-state index in [0.29, 0.717) is 0 Å². The molecule has 2 aromatic rings. The van der Waals surface area contributed by atoms with Crippen LogP contribution in [0.3, 0.4) is 0 Å². The fourth-order valence-electron chi connectivity index (χ4n) is 4.68. The summed E-state index contributed by atoms with van der Waals surface area (Å²) in [5.41, 5.74) is 2.50. The van der Waals surface area contributed by atoms with Gasteiger partial charge in [-0.25, -0.2) is 0 Å². The number of nitrogens with one attached hydrogen (secondary N) is 1. The second-order valence-electron chi connectivity index (χ2n) is 7.77. The Labute approximate surface area is 148 Å². The minimum atomic E-state index is 0.140. The van der Waals surface area contributed by atoms with Crippen molar-refractivity contribution < 1.29 is 4.79 Å². The first kappa shape index (κ1) is 16.4. The highest BCUT2D eigenvalue weighted by Crippen LogP contribution is 2.43. The lowest BCUT2D eigenvalue weighted by Crippen LogP contribution is -2.33. The van der Waals surface area contributed by atoms with Crippen LogP contribution in [0.1, 0.15) is 44.9 Å². The van der Waals surface area contributed by atoms with Gasteiger partial charge < -0.3 is 5.32 Å². The molecule has 2 aliphatic carbocycles. The number of fused-ring (bicyclic) bond motifs is 1. The number of aromatic nitrogens is 4. The Morgan fingerprint density at radius 2 is 1.88 bits per heavy atom. The Morgan fingerprint density at radius 1 is 1.08 bits per heavy atom. The average molecular weight is 341 g/mol. The van der Waals surface area contributed by atoms with Gasteiger partial charge in [-0.2, -0.15) is 10.2 Å². The molecular formula is C19H27N5O. The number of amides is 1. The first-order valence-corrected chi connectivity index (χ1v) is 9.43. The summed E-state index contributed by atoms with van der Waals surface area (Å²) >= 11 is 0. The van der Waals surface area contributed by atoms with Crippen molar-refractivity contribution in [1.29, 1.82) is 0 Å². The van der Waals surface area contributed by atoms with E-state index < -0.39 is 0 Å². The van der Waals surface area contributed by atoms with Crippen molar-refractivity contribution in [1.82, 2.24) is 19.6 Å². The van der Waals surface area contributed by atoms with Crippen LogP contribution in [0.5, 0.6) is 0 Å². The Hall–Kier alpha value is -2.11. The molecular weight excluding hydrogens is 314 g/mol. The number of carbonyl (C=O) groups is 1. The number of rotatable bonds is 3. The molecule has 0 radical (unpaired) electrons. The first-order chi connectivity index (χ1) is 12.1. The highest BCUT2D eigenvalue weighted by Gasteiger charge is 2.35. The van der Waals surface area contributed by atoms with Crippen molar-refractivity contribution in [3.8, 4) is 11.3 Å². The van der Waals surface area contributed by atoms with Gasteiger partial charge in [-0.05, 0) is 31.1 Å². The SMILES string of the molecule is Cn1cc(-c2nn(C)cc2NC(=O)[C@@H]2CC[C@H]3CCCC[C@H]3C2)cn1. The molecule has 1 N–H and O–H groups in total. The lowest BCUT2D eigenvalue weighted by molar-refractivity contribution is -0.122. The van der Waals surface area contributed by atoms with Crippen molar-refractivity contribution in [2.45, 2.75) is 44.9 Å². The molecule has 2 heterocycles. The standard InChI is InChI=1S/C19H27N5O/c1-23-11-16(10-20-23)18-17(12-24(2)22-18)21-19(25)15-8-7-13-5-3-4-6-14(13)9-15/h10-15H,3-9H2,1-2H3,(H,21,25)/t13-,14+,15-/m1/s1. The van der Waals surface area contributed by atoms with Crippen molar-refractivity contribution in [2.75, 3.05) is 5.32 Å². The molecule has 2 fully saturated rings. The van der Waals surface area contributed by atoms with E-state index >= 15 is 0 Å². The van der Waals surface area contributed by atoms with Gasteiger partial charge in [0, 0.05) is 38.0 Å². The van der Waals surface area contributed by atoms with Crippen LogP contribution in [0, 0.1) is 17.8 Å². The van der Waals surface area contributed by atoms with Crippen LogP contribution >= 0.6 is 0 Å². The van der Waals surface area contributed by atoms with E-state index in [1.807, 2.05) is 26.5 Å². The predicted octanol–water partition coefficient (Wildman–Crippen LogP) is 3.37. The molecule has 2 aliphatic rings. The third kappa shape index (κ3) is 3.34. The minimum absolute atomic E-state index is 0.140. The van der Waals surface area contributed by atoms with Gasteiger partial charge in [0.25, 0.3) is 0 Å². The molecule has 2 saturated carbocycles. The number of hydrogen-bond acceptors (Lipinski definition) is 3. The smallest absolute Gasteiger partial charge is 0.227 e. The third-order valence-corrected chi connectivity index (χ3v) is 5.98. The predicted molar refractivity (Wildman–Crippen MR) is 96.8 cm³/mol. The van der Waals surface area contributed by atoms with E-state index in [1.165, 1.54) is 32.1 Å². The quantitative estimate of drug-likeness (QED) is 0.931. The molecule has 0 spiro atoms. The number of aryl methyl sites for hydroxylation is 2. The van der Waals surface area contributed by atoms with Crippen molar-refractivity contribution in [3.63, 3.8) is 0 Å². The van der Waals surface area contributed by atoms with Crippen LogP contribution in [-0.2, 0) is 18.9 Å².